The van der Waals surface area contributed by atoms with E-state index in [-0.39, 0.29) is 6.04 Å². The SMILES string of the molecule is CONC1COc2c(Br)cc(OC)cc21. The molecule has 1 aliphatic rings. The number of nitrogens with one attached hydrogen (secondary N) is 1. The first-order valence-electron chi connectivity index (χ1n) is 4.55. The van der Waals surface area contributed by atoms with Crippen LogP contribution in [0.3, 0.4) is 0 Å². The van der Waals surface area contributed by atoms with Crippen LogP contribution >= 0.6 is 15.9 Å². The van der Waals surface area contributed by atoms with Gasteiger partial charge in [-0.3, -0.25) is 0 Å². The largest absolute Gasteiger partial charge is 0.497 e. The van der Waals surface area contributed by atoms with Crippen LogP contribution in [-0.4, -0.2) is 20.8 Å². The standard InChI is InChI=1S/C10H12BrNO3/c1-13-6-3-7-9(12-14-2)5-15-10(7)8(11)4-6/h3-4,9,12H,5H2,1-2H3. The summed E-state index contributed by atoms with van der Waals surface area (Å²) in [5, 5.41) is 0. The first-order valence-corrected chi connectivity index (χ1v) is 5.34. The van der Waals surface area contributed by atoms with E-state index in [9.17, 15) is 0 Å². The molecular formula is C10H12BrNO3. The Hall–Kier alpha value is -0.780. The fraction of sp³-hybridized carbons (Fsp3) is 0.400. The molecule has 0 spiro atoms. The first-order chi connectivity index (χ1) is 7.26. The van der Waals surface area contributed by atoms with Crippen molar-refractivity contribution in [2.45, 2.75) is 6.04 Å². The predicted molar refractivity (Wildman–Crippen MR) is 59.1 cm³/mol. The Labute approximate surface area is 96.6 Å². The van der Waals surface area contributed by atoms with Gasteiger partial charge in [0.15, 0.2) is 0 Å². The van der Waals surface area contributed by atoms with Gasteiger partial charge in [0, 0.05) is 5.56 Å². The highest BCUT2D eigenvalue weighted by molar-refractivity contribution is 9.10. The Kier molecular flexibility index (Phi) is 3.14. The third-order valence-electron chi connectivity index (χ3n) is 2.31. The number of ether oxygens (including phenoxy) is 2. The lowest BCUT2D eigenvalue weighted by Gasteiger charge is -2.10. The molecule has 1 N–H and O–H groups in total. The maximum absolute atomic E-state index is 5.55. The van der Waals surface area contributed by atoms with Gasteiger partial charge in [0.2, 0.25) is 0 Å². The van der Waals surface area contributed by atoms with Gasteiger partial charge in [-0.15, -0.1) is 0 Å². The summed E-state index contributed by atoms with van der Waals surface area (Å²) in [6.07, 6.45) is 0. The minimum absolute atomic E-state index is 0.0522. The number of rotatable bonds is 3. The highest BCUT2D eigenvalue weighted by atomic mass is 79.9. The molecule has 0 amide bonds. The van der Waals surface area contributed by atoms with Crippen molar-refractivity contribution in [1.82, 2.24) is 5.48 Å². The summed E-state index contributed by atoms with van der Waals surface area (Å²) in [5.41, 5.74) is 3.92. The molecule has 0 fully saturated rings. The maximum atomic E-state index is 5.55. The lowest BCUT2D eigenvalue weighted by atomic mass is 10.1. The van der Waals surface area contributed by atoms with E-state index >= 15 is 0 Å². The van der Waals surface area contributed by atoms with Gasteiger partial charge in [-0.2, -0.15) is 5.48 Å². The van der Waals surface area contributed by atoms with Gasteiger partial charge in [-0.05, 0) is 28.1 Å². The van der Waals surface area contributed by atoms with E-state index in [4.69, 9.17) is 14.3 Å². The summed E-state index contributed by atoms with van der Waals surface area (Å²) in [4.78, 5) is 4.91. The van der Waals surface area contributed by atoms with Gasteiger partial charge in [0.25, 0.3) is 0 Å². The molecule has 82 valence electrons. The molecule has 0 aromatic heterocycles. The van der Waals surface area contributed by atoms with E-state index < -0.39 is 0 Å². The molecule has 0 saturated carbocycles. The van der Waals surface area contributed by atoms with Crippen molar-refractivity contribution in [3.63, 3.8) is 0 Å². The monoisotopic (exact) mass is 273 g/mol. The van der Waals surface area contributed by atoms with Gasteiger partial charge in [0.1, 0.15) is 18.1 Å². The average molecular weight is 274 g/mol. The number of hydrogen-bond donors (Lipinski definition) is 1. The summed E-state index contributed by atoms with van der Waals surface area (Å²) >= 11 is 3.44. The Morgan fingerprint density at radius 3 is 2.93 bits per heavy atom. The van der Waals surface area contributed by atoms with Crippen LogP contribution in [-0.2, 0) is 4.84 Å². The number of benzene rings is 1. The van der Waals surface area contributed by atoms with E-state index in [1.54, 1.807) is 14.2 Å². The maximum Gasteiger partial charge on any atom is 0.138 e. The number of fused-ring (bicyclic) bond motifs is 1. The van der Waals surface area contributed by atoms with Crippen LogP contribution in [0.4, 0.5) is 0 Å². The quantitative estimate of drug-likeness (QED) is 0.856. The van der Waals surface area contributed by atoms with E-state index in [1.807, 2.05) is 12.1 Å². The second kappa shape index (κ2) is 4.38. The molecule has 15 heavy (non-hydrogen) atoms. The molecule has 4 nitrogen and oxygen atoms in total. The van der Waals surface area contributed by atoms with Crippen molar-refractivity contribution in [1.29, 1.82) is 0 Å². The van der Waals surface area contributed by atoms with Gasteiger partial charge < -0.3 is 14.3 Å². The van der Waals surface area contributed by atoms with Gasteiger partial charge in [-0.25, -0.2) is 0 Å². The van der Waals surface area contributed by atoms with Crippen molar-refractivity contribution in [2.24, 2.45) is 0 Å². The van der Waals surface area contributed by atoms with E-state index in [2.05, 4.69) is 21.4 Å². The van der Waals surface area contributed by atoms with Crippen molar-refractivity contribution in [2.75, 3.05) is 20.8 Å². The van der Waals surface area contributed by atoms with Gasteiger partial charge in [-0.1, -0.05) is 0 Å². The van der Waals surface area contributed by atoms with Crippen LogP contribution < -0.4 is 15.0 Å². The summed E-state index contributed by atoms with van der Waals surface area (Å²) in [6, 6.07) is 3.88. The number of methoxy groups -OCH3 is 1. The molecule has 1 aromatic rings. The van der Waals surface area contributed by atoms with Crippen molar-refractivity contribution in [3.05, 3.63) is 22.2 Å². The van der Waals surface area contributed by atoms with Crippen LogP contribution in [0.5, 0.6) is 11.5 Å². The molecule has 5 heteroatoms. The number of hydroxylamine groups is 1. The van der Waals surface area contributed by atoms with Crippen LogP contribution in [0.2, 0.25) is 0 Å². The second-order valence-corrected chi connectivity index (χ2v) is 4.07. The molecule has 1 heterocycles. The smallest absolute Gasteiger partial charge is 0.138 e. The van der Waals surface area contributed by atoms with Crippen molar-refractivity contribution >= 4 is 15.9 Å². The Balaban J connectivity index is 2.37. The highest BCUT2D eigenvalue weighted by Gasteiger charge is 2.27. The predicted octanol–water partition coefficient (Wildman–Crippen LogP) is 2.04. The lowest BCUT2D eigenvalue weighted by molar-refractivity contribution is 0.0535. The molecular weight excluding hydrogens is 262 g/mol. The molecule has 1 aromatic carbocycles. The lowest BCUT2D eigenvalue weighted by Crippen LogP contribution is -2.20. The average Bonchev–Trinajstić information content (AvgIpc) is 2.63. The number of hydrogen-bond acceptors (Lipinski definition) is 4. The minimum atomic E-state index is 0.0522. The molecule has 1 atom stereocenters. The van der Waals surface area contributed by atoms with Gasteiger partial charge in [0.05, 0.1) is 24.7 Å². The molecule has 2 rings (SSSR count). The number of halogens is 1. The van der Waals surface area contributed by atoms with Gasteiger partial charge >= 0.3 is 0 Å². The summed E-state index contributed by atoms with van der Waals surface area (Å²) in [5.74, 6) is 1.65. The Morgan fingerprint density at radius 2 is 2.27 bits per heavy atom. The highest BCUT2D eigenvalue weighted by Crippen LogP contribution is 2.41. The minimum Gasteiger partial charge on any atom is -0.497 e. The van der Waals surface area contributed by atoms with E-state index in [0.717, 1.165) is 21.5 Å². The van der Waals surface area contributed by atoms with Crippen molar-refractivity contribution in [3.8, 4) is 11.5 Å². The molecule has 0 bridgehead atoms. The molecule has 0 saturated heterocycles. The summed E-state index contributed by atoms with van der Waals surface area (Å²) < 4.78 is 11.6. The van der Waals surface area contributed by atoms with Crippen LogP contribution in [0.1, 0.15) is 11.6 Å². The Morgan fingerprint density at radius 1 is 1.47 bits per heavy atom. The fourth-order valence-corrected chi connectivity index (χ4v) is 2.18. The van der Waals surface area contributed by atoms with Crippen LogP contribution in [0.25, 0.3) is 0 Å². The third-order valence-corrected chi connectivity index (χ3v) is 2.90. The molecule has 1 aliphatic heterocycles. The Bertz CT molecular complexity index is 370. The van der Waals surface area contributed by atoms with Crippen LogP contribution in [0.15, 0.2) is 16.6 Å². The van der Waals surface area contributed by atoms with E-state index in [1.165, 1.54) is 0 Å². The topological polar surface area (TPSA) is 39.7 Å². The molecule has 0 radical (unpaired) electrons. The molecule has 1 unspecified atom stereocenters. The van der Waals surface area contributed by atoms with Crippen LogP contribution in [0, 0.1) is 0 Å². The fourth-order valence-electron chi connectivity index (χ4n) is 1.61. The zero-order valence-corrected chi connectivity index (χ0v) is 10.1. The summed E-state index contributed by atoms with van der Waals surface area (Å²) in [7, 11) is 3.23. The first kappa shape index (κ1) is 10.7. The second-order valence-electron chi connectivity index (χ2n) is 3.21. The zero-order chi connectivity index (χ0) is 10.8. The zero-order valence-electron chi connectivity index (χ0n) is 8.54. The van der Waals surface area contributed by atoms with Crippen molar-refractivity contribution < 1.29 is 14.3 Å². The van der Waals surface area contributed by atoms with E-state index in [0.29, 0.717) is 6.61 Å². The molecule has 0 aliphatic carbocycles. The third kappa shape index (κ3) is 1.95. The summed E-state index contributed by atoms with van der Waals surface area (Å²) in [6.45, 7) is 0.564. The normalized spacial score (nSPS) is 18.5.